The molecule has 1 aliphatic rings. The average Bonchev–Trinajstić information content (AvgIpc) is 2.66. The maximum Gasteiger partial charge on any atom is 0.256 e. The first kappa shape index (κ1) is 17.8. The smallest absolute Gasteiger partial charge is 0.256 e. The van der Waals surface area contributed by atoms with Crippen LogP contribution in [0.25, 0.3) is 10.9 Å². The first-order valence-corrected chi connectivity index (χ1v) is 8.80. The minimum absolute atomic E-state index is 0.0267. The number of β-amino-alcohol motifs (C(OH)–C–C–N with tert-alkyl or cyclic N) is 1. The van der Waals surface area contributed by atoms with Crippen molar-refractivity contribution in [1.82, 2.24) is 14.8 Å². The summed E-state index contributed by atoms with van der Waals surface area (Å²) in [6, 6.07) is 9.56. The lowest BCUT2D eigenvalue weighted by atomic mass is 10.1. The number of carbonyl (C=O) groups excluding carboxylic acids is 1. The van der Waals surface area contributed by atoms with Gasteiger partial charge in [-0.05, 0) is 19.1 Å². The molecule has 1 aliphatic heterocycles. The summed E-state index contributed by atoms with van der Waals surface area (Å²) < 4.78 is 5.25. The first-order valence-electron chi connectivity index (χ1n) is 8.80. The summed E-state index contributed by atoms with van der Waals surface area (Å²) in [7, 11) is 0. The Morgan fingerprint density at radius 2 is 2.00 bits per heavy atom. The van der Waals surface area contributed by atoms with Gasteiger partial charge in [-0.15, -0.1) is 0 Å². The molecule has 2 heterocycles. The van der Waals surface area contributed by atoms with Crippen LogP contribution in [0, 0.1) is 0 Å². The number of aromatic nitrogens is 1. The van der Waals surface area contributed by atoms with Gasteiger partial charge in [0.1, 0.15) is 0 Å². The van der Waals surface area contributed by atoms with Gasteiger partial charge in [0.2, 0.25) is 0 Å². The number of amides is 1. The van der Waals surface area contributed by atoms with Gasteiger partial charge >= 0.3 is 0 Å². The van der Waals surface area contributed by atoms with E-state index in [0.717, 1.165) is 24.0 Å². The third-order valence-electron chi connectivity index (χ3n) is 4.51. The van der Waals surface area contributed by atoms with E-state index in [0.29, 0.717) is 38.4 Å². The highest BCUT2D eigenvalue weighted by Crippen LogP contribution is 2.18. The molecule has 1 fully saturated rings. The molecular weight excluding hydrogens is 318 g/mol. The summed E-state index contributed by atoms with van der Waals surface area (Å²) in [4.78, 5) is 21.3. The van der Waals surface area contributed by atoms with Crippen LogP contribution in [0.15, 0.2) is 36.5 Å². The van der Waals surface area contributed by atoms with Gasteiger partial charge in [0, 0.05) is 50.9 Å². The number of aliphatic hydroxyl groups is 1. The summed E-state index contributed by atoms with van der Waals surface area (Å²) in [5.41, 5.74) is 1.41. The molecule has 6 heteroatoms. The number of aliphatic hydroxyl groups excluding tert-OH is 1. The Hall–Kier alpha value is -2.02. The predicted molar refractivity (Wildman–Crippen MR) is 96.6 cm³/mol. The van der Waals surface area contributed by atoms with E-state index in [2.05, 4.69) is 9.88 Å². The topological polar surface area (TPSA) is 65.9 Å². The molecule has 0 saturated carbocycles. The van der Waals surface area contributed by atoms with Crippen molar-refractivity contribution in [2.75, 3.05) is 45.9 Å². The normalized spacial score (nSPS) is 17.0. The highest BCUT2D eigenvalue weighted by atomic mass is 16.5. The third kappa shape index (κ3) is 4.34. The number of pyridine rings is 1. The van der Waals surface area contributed by atoms with Crippen molar-refractivity contribution in [3.63, 3.8) is 0 Å². The van der Waals surface area contributed by atoms with Gasteiger partial charge in [-0.1, -0.05) is 18.2 Å². The fraction of sp³-hybridized carbons (Fsp3) is 0.474. The van der Waals surface area contributed by atoms with Crippen molar-refractivity contribution in [2.24, 2.45) is 0 Å². The van der Waals surface area contributed by atoms with Gasteiger partial charge in [-0.3, -0.25) is 14.7 Å². The highest BCUT2D eigenvalue weighted by molar-refractivity contribution is 6.05. The maximum absolute atomic E-state index is 12.9. The maximum atomic E-state index is 12.9. The largest absolute Gasteiger partial charge is 0.389 e. The Morgan fingerprint density at radius 1 is 1.24 bits per heavy atom. The molecule has 0 bridgehead atoms. The van der Waals surface area contributed by atoms with E-state index < -0.39 is 6.10 Å². The van der Waals surface area contributed by atoms with Crippen molar-refractivity contribution in [2.45, 2.75) is 13.0 Å². The summed E-state index contributed by atoms with van der Waals surface area (Å²) in [5, 5.41) is 10.9. The molecule has 0 aliphatic carbocycles. The third-order valence-corrected chi connectivity index (χ3v) is 4.51. The number of ether oxygens (including phenoxy) is 1. The molecule has 134 valence electrons. The number of hydrogen-bond acceptors (Lipinski definition) is 5. The number of carbonyl (C=O) groups is 1. The minimum atomic E-state index is -0.482. The molecule has 2 aromatic rings. The van der Waals surface area contributed by atoms with Crippen molar-refractivity contribution in [3.8, 4) is 0 Å². The van der Waals surface area contributed by atoms with Gasteiger partial charge in [-0.25, -0.2) is 0 Å². The van der Waals surface area contributed by atoms with Crippen LogP contribution in [-0.4, -0.2) is 77.8 Å². The summed E-state index contributed by atoms with van der Waals surface area (Å²) >= 11 is 0. The van der Waals surface area contributed by atoms with Gasteiger partial charge < -0.3 is 14.7 Å². The quantitative estimate of drug-likeness (QED) is 0.859. The average molecular weight is 343 g/mol. The second-order valence-corrected chi connectivity index (χ2v) is 6.29. The fourth-order valence-electron chi connectivity index (χ4n) is 3.19. The van der Waals surface area contributed by atoms with Crippen LogP contribution in [0.3, 0.4) is 0 Å². The minimum Gasteiger partial charge on any atom is -0.389 e. The zero-order chi connectivity index (χ0) is 17.6. The standard InChI is InChI=1S/C19H25N3O3/c1-2-25-14-16(23)13-21-9-11-22(12-10-21)19(24)17-7-3-5-15-6-4-8-20-18(15)17/h3-8,16,23H,2,9-14H2,1H3. The monoisotopic (exact) mass is 343 g/mol. The van der Waals surface area contributed by atoms with E-state index >= 15 is 0 Å². The summed E-state index contributed by atoms with van der Waals surface area (Å²) in [6.45, 7) is 6.29. The van der Waals surface area contributed by atoms with Crippen LogP contribution in [0.4, 0.5) is 0 Å². The first-order chi connectivity index (χ1) is 12.2. The zero-order valence-corrected chi connectivity index (χ0v) is 14.6. The van der Waals surface area contributed by atoms with E-state index in [9.17, 15) is 9.90 Å². The van der Waals surface area contributed by atoms with Crippen LogP contribution >= 0.6 is 0 Å². The second kappa shape index (κ2) is 8.38. The van der Waals surface area contributed by atoms with Crippen LogP contribution in [0.1, 0.15) is 17.3 Å². The lowest BCUT2D eigenvalue weighted by molar-refractivity contribution is 0.0111. The molecule has 1 unspecified atom stereocenters. The summed E-state index contributed by atoms with van der Waals surface area (Å²) in [6.07, 6.45) is 1.24. The number of hydrogen-bond donors (Lipinski definition) is 1. The van der Waals surface area contributed by atoms with Crippen LogP contribution in [-0.2, 0) is 4.74 Å². The van der Waals surface area contributed by atoms with E-state index in [4.69, 9.17) is 4.74 Å². The molecular formula is C19H25N3O3. The van der Waals surface area contributed by atoms with E-state index in [1.165, 1.54) is 0 Å². The number of piperazine rings is 1. The van der Waals surface area contributed by atoms with E-state index in [-0.39, 0.29) is 5.91 Å². The zero-order valence-electron chi connectivity index (χ0n) is 14.6. The molecule has 0 radical (unpaired) electrons. The molecule has 3 rings (SSSR count). The summed E-state index contributed by atoms with van der Waals surface area (Å²) in [5.74, 6) is 0.0267. The molecule has 1 aromatic heterocycles. The highest BCUT2D eigenvalue weighted by Gasteiger charge is 2.24. The van der Waals surface area contributed by atoms with Crippen molar-refractivity contribution >= 4 is 16.8 Å². The molecule has 1 N–H and O–H groups in total. The van der Waals surface area contributed by atoms with E-state index in [1.54, 1.807) is 6.20 Å². The van der Waals surface area contributed by atoms with E-state index in [1.807, 2.05) is 42.2 Å². The second-order valence-electron chi connectivity index (χ2n) is 6.29. The van der Waals surface area contributed by atoms with Crippen molar-refractivity contribution in [3.05, 3.63) is 42.1 Å². The SMILES string of the molecule is CCOCC(O)CN1CCN(C(=O)c2cccc3cccnc23)CC1. The molecule has 6 nitrogen and oxygen atoms in total. The van der Waals surface area contributed by atoms with Gasteiger partial charge in [0.15, 0.2) is 0 Å². The Kier molecular flexibility index (Phi) is 5.96. The molecule has 1 atom stereocenters. The van der Waals surface area contributed by atoms with Crippen molar-refractivity contribution < 1.29 is 14.6 Å². The molecule has 0 spiro atoms. The number of nitrogens with zero attached hydrogens (tertiary/aromatic N) is 3. The Balaban J connectivity index is 1.60. The van der Waals surface area contributed by atoms with Gasteiger partial charge in [-0.2, -0.15) is 0 Å². The molecule has 1 amide bonds. The molecule has 25 heavy (non-hydrogen) atoms. The van der Waals surface area contributed by atoms with Crippen LogP contribution in [0.5, 0.6) is 0 Å². The Labute approximate surface area is 148 Å². The predicted octanol–water partition coefficient (Wildman–Crippen LogP) is 1.39. The molecule has 1 aromatic carbocycles. The Morgan fingerprint density at radius 3 is 2.76 bits per heavy atom. The number of rotatable bonds is 6. The Bertz CT molecular complexity index is 709. The van der Waals surface area contributed by atoms with Crippen molar-refractivity contribution in [1.29, 1.82) is 0 Å². The fourth-order valence-corrected chi connectivity index (χ4v) is 3.19. The number of fused-ring (bicyclic) bond motifs is 1. The number of para-hydroxylation sites is 1. The molecule has 1 saturated heterocycles. The van der Waals surface area contributed by atoms with Gasteiger partial charge in [0.25, 0.3) is 5.91 Å². The lowest BCUT2D eigenvalue weighted by Crippen LogP contribution is -2.50. The van der Waals surface area contributed by atoms with Crippen LogP contribution < -0.4 is 0 Å². The number of benzene rings is 1. The van der Waals surface area contributed by atoms with Gasteiger partial charge in [0.05, 0.1) is 23.8 Å². The van der Waals surface area contributed by atoms with Crippen LogP contribution in [0.2, 0.25) is 0 Å². The lowest BCUT2D eigenvalue weighted by Gasteiger charge is -2.35.